The maximum absolute atomic E-state index is 5.44. The van der Waals surface area contributed by atoms with E-state index in [1.54, 1.807) is 0 Å². The summed E-state index contributed by atoms with van der Waals surface area (Å²) in [7, 11) is 1.97. The summed E-state index contributed by atoms with van der Waals surface area (Å²) in [5, 5.41) is 3.27. The lowest BCUT2D eigenvalue weighted by molar-refractivity contribution is 0.124. The van der Waals surface area contributed by atoms with Crippen LogP contribution in [0.4, 0.5) is 0 Å². The number of aromatic nitrogens is 2. The molecule has 0 aliphatic rings. The van der Waals surface area contributed by atoms with E-state index in [0.717, 1.165) is 38.4 Å². The minimum Gasteiger partial charge on any atom is -0.380 e. The smallest absolute Gasteiger partial charge is 0.110 e. The highest BCUT2D eigenvalue weighted by Gasteiger charge is 2.11. The van der Waals surface area contributed by atoms with Gasteiger partial charge >= 0.3 is 0 Å². The number of hydrogen-bond acceptors (Lipinski definition) is 3. The number of nitrogens with zero attached hydrogens (tertiary/aromatic N) is 2. The molecular formula is C12H23N3O. The Bertz CT molecular complexity index is 286. The molecule has 1 rings (SSSR count). The van der Waals surface area contributed by atoms with Crippen LogP contribution in [0.1, 0.15) is 26.1 Å². The Balaban J connectivity index is 2.51. The van der Waals surface area contributed by atoms with Crippen molar-refractivity contribution in [2.75, 3.05) is 20.3 Å². The number of ether oxygens (including phenoxy) is 1. The Hall–Kier alpha value is -0.870. The minimum absolute atomic E-state index is 0.345. The highest BCUT2D eigenvalue weighted by atomic mass is 16.5. The molecule has 0 bridgehead atoms. The molecule has 0 fully saturated rings. The van der Waals surface area contributed by atoms with Gasteiger partial charge in [-0.05, 0) is 20.4 Å². The summed E-state index contributed by atoms with van der Waals surface area (Å²) in [5.41, 5.74) is 0. The van der Waals surface area contributed by atoms with Crippen molar-refractivity contribution < 1.29 is 4.74 Å². The van der Waals surface area contributed by atoms with Crippen LogP contribution in [0.5, 0.6) is 0 Å². The summed E-state index contributed by atoms with van der Waals surface area (Å²) in [6, 6.07) is 0.345. The highest BCUT2D eigenvalue weighted by molar-refractivity contribution is 4.95. The first-order valence-corrected chi connectivity index (χ1v) is 6.06. The molecule has 0 saturated carbocycles. The monoisotopic (exact) mass is 225 g/mol. The second kappa shape index (κ2) is 7.41. The molecule has 1 aromatic rings. The lowest BCUT2D eigenvalue weighted by Gasteiger charge is -2.16. The molecule has 1 aromatic heterocycles. The van der Waals surface area contributed by atoms with E-state index >= 15 is 0 Å². The lowest BCUT2D eigenvalue weighted by Crippen LogP contribution is -2.33. The molecule has 4 nitrogen and oxygen atoms in total. The van der Waals surface area contributed by atoms with Crippen LogP contribution in [0.3, 0.4) is 0 Å². The fraction of sp³-hybridized carbons (Fsp3) is 0.750. The molecule has 16 heavy (non-hydrogen) atoms. The molecule has 92 valence electrons. The summed E-state index contributed by atoms with van der Waals surface area (Å²) < 4.78 is 7.65. The zero-order chi connectivity index (χ0) is 11.8. The van der Waals surface area contributed by atoms with Crippen LogP contribution in [0.25, 0.3) is 0 Å². The van der Waals surface area contributed by atoms with Crippen molar-refractivity contribution in [3.05, 3.63) is 18.2 Å². The van der Waals surface area contributed by atoms with Crippen LogP contribution >= 0.6 is 0 Å². The minimum atomic E-state index is 0.345. The van der Waals surface area contributed by atoms with Gasteiger partial charge in [-0.3, -0.25) is 0 Å². The lowest BCUT2D eigenvalue weighted by atomic mass is 10.2. The molecule has 0 radical (unpaired) electrons. The van der Waals surface area contributed by atoms with E-state index in [2.05, 4.69) is 21.8 Å². The topological polar surface area (TPSA) is 39.1 Å². The predicted molar refractivity (Wildman–Crippen MR) is 65.6 cm³/mol. The van der Waals surface area contributed by atoms with Crippen molar-refractivity contribution >= 4 is 0 Å². The van der Waals surface area contributed by atoms with Gasteiger partial charge in [0.2, 0.25) is 0 Å². The summed E-state index contributed by atoms with van der Waals surface area (Å²) in [5.74, 6) is 1.14. The van der Waals surface area contributed by atoms with E-state index in [-0.39, 0.29) is 0 Å². The first kappa shape index (κ1) is 13.2. The largest absolute Gasteiger partial charge is 0.380 e. The van der Waals surface area contributed by atoms with Gasteiger partial charge < -0.3 is 14.6 Å². The van der Waals surface area contributed by atoms with Gasteiger partial charge in [0, 0.05) is 38.0 Å². The van der Waals surface area contributed by atoms with Crippen LogP contribution in [0, 0.1) is 0 Å². The summed E-state index contributed by atoms with van der Waals surface area (Å²) in [6.07, 6.45) is 5.98. The van der Waals surface area contributed by atoms with Gasteiger partial charge in [0.05, 0.1) is 6.61 Å². The third-order valence-electron chi connectivity index (χ3n) is 2.63. The molecule has 1 heterocycles. The van der Waals surface area contributed by atoms with Gasteiger partial charge in [0.15, 0.2) is 0 Å². The summed E-state index contributed by atoms with van der Waals surface area (Å²) in [6.45, 7) is 6.75. The third kappa shape index (κ3) is 3.94. The maximum atomic E-state index is 5.44. The molecule has 0 saturated heterocycles. The average molecular weight is 225 g/mol. The van der Waals surface area contributed by atoms with Crippen LogP contribution in [0.15, 0.2) is 12.4 Å². The third-order valence-corrected chi connectivity index (χ3v) is 2.63. The number of imidazole rings is 1. The van der Waals surface area contributed by atoms with E-state index in [1.165, 1.54) is 0 Å². The van der Waals surface area contributed by atoms with E-state index < -0.39 is 0 Å². The van der Waals surface area contributed by atoms with Crippen molar-refractivity contribution in [1.29, 1.82) is 0 Å². The van der Waals surface area contributed by atoms with Gasteiger partial charge in [-0.25, -0.2) is 4.98 Å². The van der Waals surface area contributed by atoms with E-state index in [1.807, 2.05) is 26.4 Å². The number of aryl methyl sites for hydroxylation is 1. The first-order chi connectivity index (χ1) is 7.81. The Morgan fingerprint density at radius 2 is 2.31 bits per heavy atom. The molecule has 1 atom stereocenters. The fourth-order valence-corrected chi connectivity index (χ4v) is 1.70. The van der Waals surface area contributed by atoms with Gasteiger partial charge in [0.1, 0.15) is 5.82 Å². The Morgan fingerprint density at radius 1 is 1.50 bits per heavy atom. The number of hydrogen-bond donors (Lipinski definition) is 1. The van der Waals surface area contributed by atoms with Gasteiger partial charge in [-0.15, -0.1) is 0 Å². The highest BCUT2D eigenvalue weighted by Crippen LogP contribution is 2.03. The molecule has 0 aliphatic carbocycles. The van der Waals surface area contributed by atoms with Crippen molar-refractivity contribution in [2.45, 2.75) is 39.3 Å². The van der Waals surface area contributed by atoms with Crippen molar-refractivity contribution in [2.24, 2.45) is 0 Å². The molecule has 1 unspecified atom stereocenters. The molecule has 0 aromatic carbocycles. The van der Waals surface area contributed by atoms with Crippen molar-refractivity contribution in [3.63, 3.8) is 0 Å². The fourth-order valence-electron chi connectivity index (χ4n) is 1.70. The molecule has 1 N–H and O–H groups in total. The zero-order valence-corrected chi connectivity index (χ0v) is 10.6. The van der Waals surface area contributed by atoms with Crippen LogP contribution < -0.4 is 5.32 Å². The quantitative estimate of drug-likeness (QED) is 0.728. The van der Waals surface area contributed by atoms with Crippen molar-refractivity contribution in [1.82, 2.24) is 14.9 Å². The zero-order valence-electron chi connectivity index (χ0n) is 10.6. The van der Waals surface area contributed by atoms with Crippen molar-refractivity contribution in [3.8, 4) is 0 Å². The second-order valence-electron chi connectivity index (χ2n) is 3.89. The average Bonchev–Trinajstić information content (AvgIpc) is 2.72. The standard InChI is InChI=1S/C12H23N3O/c1-4-7-15-8-6-14-12(15)9-11(13-3)10-16-5-2/h6,8,11,13H,4-5,7,9-10H2,1-3H3. The van der Waals surface area contributed by atoms with Gasteiger partial charge in [0.25, 0.3) is 0 Å². The summed E-state index contributed by atoms with van der Waals surface area (Å²) >= 11 is 0. The summed E-state index contributed by atoms with van der Waals surface area (Å²) in [4.78, 5) is 4.40. The first-order valence-electron chi connectivity index (χ1n) is 6.06. The Labute approximate surface area is 98.0 Å². The normalized spacial score (nSPS) is 12.9. The number of nitrogens with one attached hydrogen (secondary N) is 1. The molecular weight excluding hydrogens is 202 g/mol. The van der Waals surface area contributed by atoms with Crippen LogP contribution in [0.2, 0.25) is 0 Å². The SMILES string of the molecule is CCCn1ccnc1CC(COCC)NC. The van der Waals surface area contributed by atoms with E-state index in [9.17, 15) is 0 Å². The Kier molecular flexibility index (Phi) is 6.11. The maximum Gasteiger partial charge on any atom is 0.110 e. The van der Waals surface area contributed by atoms with Crippen LogP contribution in [-0.2, 0) is 17.7 Å². The molecule has 0 spiro atoms. The van der Waals surface area contributed by atoms with Gasteiger partial charge in [-0.2, -0.15) is 0 Å². The number of rotatable bonds is 8. The molecule has 0 amide bonds. The number of likely N-dealkylation sites (N-methyl/N-ethyl adjacent to an activating group) is 1. The van der Waals surface area contributed by atoms with Crippen LogP contribution in [-0.4, -0.2) is 35.9 Å². The molecule has 0 aliphatic heterocycles. The van der Waals surface area contributed by atoms with E-state index in [4.69, 9.17) is 4.74 Å². The van der Waals surface area contributed by atoms with E-state index in [0.29, 0.717) is 6.04 Å². The van der Waals surface area contributed by atoms with Gasteiger partial charge in [-0.1, -0.05) is 6.92 Å². The molecule has 4 heteroatoms. The Morgan fingerprint density at radius 3 is 2.94 bits per heavy atom. The predicted octanol–water partition coefficient (Wildman–Crippen LogP) is 1.46. The second-order valence-corrected chi connectivity index (χ2v) is 3.89.